The van der Waals surface area contributed by atoms with Gasteiger partial charge in [-0.15, -0.1) is 11.8 Å². The van der Waals surface area contributed by atoms with Crippen LogP contribution in [0, 0.1) is 0 Å². The van der Waals surface area contributed by atoms with Crippen molar-refractivity contribution in [1.82, 2.24) is 15.5 Å². The van der Waals surface area contributed by atoms with Gasteiger partial charge < -0.3 is 20.3 Å². The topological polar surface area (TPSA) is 53.6 Å². The molecule has 0 bridgehead atoms. The van der Waals surface area contributed by atoms with Gasteiger partial charge in [0.2, 0.25) is 5.91 Å². The predicted molar refractivity (Wildman–Crippen MR) is 95.3 cm³/mol. The Kier molecular flexibility index (Phi) is 9.61. The third kappa shape index (κ3) is 8.21. The monoisotopic (exact) mass is 341 g/mol. The highest BCUT2D eigenvalue weighted by Crippen LogP contribution is 2.15. The van der Waals surface area contributed by atoms with Crippen LogP contribution in [0.1, 0.15) is 0 Å². The second-order valence-electron chi connectivity index (χ2n) is 4.59. The van der Waals surface area contributed by atoms with E-state index in [1.807, 2.05) is 18.2 Å². The molecular weight excluding hydrogens is 318 g/mol. The normalized spacial score (nSPS) is 10.1. The fourth-order valence-electron chi connectivity index (χ4n) is 1.61. The SMILES string of the molecule is COCCNC(=O)CN(C)C(=S)NCCSc1ccccc1. The van der Waals surface area contributed by atoms with Gasteiger partial charge >= 0.3 is 0 Å². The van der Waals surface area contributed by atoms with Gasteiger partial charge in [0.25, 0.3) is 0 Å². The van der Waals surface area contributed by atoms with Gasteiger partial charge in [0, 0.05) is 37.9 Å². The molecule has 0 fully saturated rings. The van der Waals surface area contributed by atoms with Crippen LogP contribution in [0.2, 0.25) is 0 Å². The van der Waals surface area contributed by atoms with E-state index in [1.54, 1.807) is 30.8 Å². The van der Waals surface area contributed by atoms with Crippen molar-refractivity contribution in [3.63, 3.8) is 0 Å². The quantitative estimate of drug-likeness (QED) is 0.402. The number of carbonyl (C=O) groups excluding carboxylic acids is 1. The van der Waals surface area contributed by atoms with Crippen LogP contribution in [0.4, 0.5) is 0 Å². The molecule has 22 heavy (non-hydrogen) atoms. The lowest BCUT2D eigenvalue weighted by Gasteiger charge is -2.20. The standard InChI is InChI=1S/C15H23N3O2S2/c1-18(12-14(19)16-8-10-20-2)15(21)17-9-11-22-13-6-4-3-5-7-13/h3-7H,8-12H2,1-2H3,(H,16,19)(H,17,21). The first kappa shape index (κ1) is 18.7. The third-order valence-corrected chi connectivity index (χ3v) is 4.22. The fourth-order valence-corrected chi connectivity index (χ4v) is 2.57. The van der Waals surface area contributed by atoms with Gasteiger partial charge in [-0.3, -0.25) is 4.79 Å². The number of methoxy groups -OCH3 is 1. The zero-order chi connectivity index (χ0) is 16.2. The van der Waals surface area contributed by atoms with Gasteiger partial charge in [-0.05, 0) is 24.4 Å². The smallest absolute Gasteiger partial charge is 0.239 e. The van der Waals surface area contributed by atoms with Crippen LogP contribution in [-0.2, 0) is 9.53 Å². The molecule has 0 aliphatic heterocycles. The van der Waals surface area contributed by atoms with Crippen molar-refractivity contribution in [1.29, 1.82) is 0 Å². The number of carbonyl (C=O) groups is 1. The molecule has 2 N–H and O–H groups in total. The average Bonchev–Trinajstić information content (AvgIpc) is 2.52. The van der Waals surface area contributed by atoms with E-state index in [9.17, 15) is 4.79 Å². The van der Waals surface area contributed by atoms with Crippen LogP contribution in [0.5, 0.6) is 0 Å². The number of hydrogen-bond donors (Lipinski definition) is 2. The summed E-state index contributed by atoms with van der Waals surface area (Å²) in [5, 5.41) is 6.50. The van der Waals surface area contributed by atoms with Crippen molar-refractivity contribution in [2.45, 2.75) is 4.90 Å². The molecule has 0 aromatic heterocycles. The number of thioether (sulfide) groups is 1. The number of nitrogens with one attached hydrogen (secondary N) is 2. The Hall–Kier alpha value is -1.31. The van der Waals surface area contributed by atoms with E-state index >= 15 is 0 Å². The van der Waals surface area contributed by atoms with Gasteiger partial charge in [0.05, 0.1) is 13.2 Å². The summed E-state index contributed by atoms with van der Waals surface area (Å²) in [5.74, 6) is 0.847. The summed E-state index contributed by atoms with van der Waals surface area (Å²) in [6.45, 7) is 2.02. The Morgan fingerprint density at radius 1 is 1.27 bits per heavy atom. The molecule has 1 aromatic rings. The maximum atomic E-state index is 11.6. The zero-order valence-corrected chi connectivity index (χ0v) is 14.6. The molecule has 0 aliphatic carbocycles. The molecule has 0 unspecified atom stereocenters. The number of amides is 1. The van der Waals surface area contributed by atoms with Crippen LogP contribution < -0.4 is 10.6 Å². The lowest BCUT2D eigenvalue weighted by molar-refractivity contribution is -0.121. The molecule has 0 aliphatic rings. The summed E-state index contributed by atoms with van der Waals surface area (Å²) in [7, 11) is 3.40. The Morgan fingerprint density at radius 3 is 2.68 bits per heavy atom. The highest BCUT2D eigenvalue weighted by molar-refractivity contribution is 7.99. The van der Waals surface area contributed by atoms with Crippen molar-refractivity contribution in [3.05, 3.63) is 30.3 Å². The van der Waals surface area contributed by atoms with Crippen molar-refractivity contribution in [2.24, 2.45) is 0 Å². The number of thiocarbonyl (C=S) groups is 1. The van der Waals surface area contributed by atoms with Crippen LogP contribution in [0.3, 0.4) is 0 Å². The average molecular weight is 342 g/mol. The summed E-state index contributed by atoms with van der Waals surface area (Å²) in [4.78, 5) is 14.6. The van der Waals surface area contributed by atoms with E-state index < -0.39 is 0 Å². The van der Waals surface area contributed by atoms with Gasteiger partial charge in [-0.1, -0.05) is 18.2 Å². The van der Waals surface area contributed by atoms with E-state index in [0.29, 0.717) is 18.3 Å². The van der Waals surface area contributed by atoms with E-state index in [2.05, 4.69) is 22.8 Å². The second kappa shape index (κ2) is 11.3. The molecule has 0 saturated carbocycles. The Morgan fingerprint density at radius 2 is 2.00 bits per heavy atom. The first-order valence-corrected chi connectivity index (χ1v) is 8.45. The molecule has 5 nitrogen and oxygen atoms in total. The highest BCUT2D eigenvalue weighted by atomic mass is 32.2. The Labute approximate surface area is 141 Å². The minimum Gasteiger partial charge on any atom is -0.383 e. The molecular formula is C15H23N3O2S2. The lowest BCUT2D eigenvalue weighted by atomic mass is 10.4. The predicted octanol–water partition coefficient (Wildman–Crippen LogP) is 1.35. The van der Waals surface area contributed by atoms with E-state index in [-0.39, 0.29) is 12.5 Å². The number of nitrogens with zero attached hydrogens (tertiary/aromatic N) is 1. The Bertz CT molecular complexity index is 457. The zero-order valence-electron chi connectivity index (χ0n) is 13.0. The first-order valence-electron chi connectivity index (χ1n) is 7.06. The van der Waals surface area contributed by atoms with Crippen LogP contribution >= 0.6 is 24.0 Å². The van der Waals surface area contributed by atoms with Gasteiger partial charge in [-0.25, -0.2) is 0 Å². The van der Waals surface area contributed by atoms with Crippen LogP contribution in [0.25, 0.3) is 0 Å². The minimum absolute atomic E-state index is 0.0673. The second-order valence-corrected chi connectivity index (χ2v) is 6.15. The van der Waals surface area contributed by atoms with Crippen molar-refractivity contribution in [2.75, 3.05) is 46.2 Å². The molecule has 1 aromatic carbocycles. The van der Waals surface area contributed by atoms with Crippen molar-refractivity contribution in [3.8, 4) is 0 Å². The molecule has 0 radical (unpaired) electrons. The largest absolute Gasteiger partial charge is 0.383 e. The maximum absolute atomic E-state index is 11.6. The third-order valence-electron chi connectivity index (χ3n) is 2.75. The molecule has 0 saturated heterocycles. The number of hydrogen-bond acceptors (Lipinski definition) is 4. The molecule has 0 spiro atoms. The van der Waals surface area contributed by atoms with E-state index in [1.165, 1.54) is 4.90 Å². The molecule has 122 valence electrons. The lowest BCUT2D eigenvalue weighted by Crippen LogP contribution is -2.44. The van der Waals surface area contributed by atoms with Crippen LogP contribution in [0.15, 0.2) is 35.2 Å². The number of likely N-dealkylation sites (N-methyl/N-ethyl adjacent to an activating group) is 1. The van der Waals surface area contributed by atoms with E-state index in [4.69, 9.17) is 17.0 Å². The molecule has 0 atom stereocenters. The first-order chi connectivity index (χ1) is 10.6. The summed E-state index contributed by atoms with van der Waals surface area (Å²) in [6.07, 6.45) is 0. The van der Waals surface area contributed by atoms with Crippen molar-refractivity contribution >= 4 is 35.0 Å². The van der Waals surface area contributed by atoms with Gasteiger partial charge in [-0.2, -0.15) is 0 Å². The van der Waals surface area contributed by atoms with E-state index in [0.717, 1.165) is 12.3 Å². The highest BCUT2D eigenvalue weighted by Gasteiger charge is 2.08. The summed E-state index contributed by atoms with van der Waals surface area (Å²) >= 11 is 7.03. The number of rotatable bonds is 9. The molecule has 0 heterocycles. The molecule has 1 amide bonds. The number of benzene rings is 1. The summed E-state index contributed by atoms with van der Waals surface area (Å²) in [5.41, 5.74) is 0. The fraction of sp³-hybridized carbons (Fsp3) is 0.467. The van der Waals surface area contributed by atoms with Crippen molar-refractivity contribution < 1.29 is 9.53 Å². The minimum atomic E-state index is -0.0673. The molecule has 7 heteroatoms. The number of ether oxygens (including phenoxy) is 1. The Balaban J connectivity index is 2.14. The van der Waals surface area contributed by atoms with Gasteiger partial charge in [0.1, 0.15) is 0 Å². The van der Waals surface area contributed by atoms with Gasteiger partial charge in [0.15, 0.2) is 5.11 Å². The maximum Gasteiger partial charge on any atom is 0.239 e. The van der Waals surface area contributed by atoms with Crippen LogP contribution in [-0.4, -0.2) is 62.1 Å². The summed E-state index contributed by atoms with van der Waals surface area (Å²) < 4.78 is 4.88. The molecule has 1 rings (SSSR count). The summed E-state index contributed by atoms with van der Waals surface area (Å²) in [6, 6.07) is 10.2.